The molecule has 1 fully saturated rings. The Morgan fingerprint density at radius 3 is 2.58 bits per heavy atom. The van der Waals surface area contributed by atoms with E-state index >= 15 is 0 Å². The molecule has 0 aliphatic carbocycles. The summed E-state index contributed by atoms with van der Waals surface area (Å²) in [5.41, 5.74) is 0. The summed E-state index contributed by atoms with van der Waals surface area (Å²) in [5, 5.41) is 2.52. The molecule has 0 spiro atoms. The van der Waals surface area contributed by atoms with Gasteiger partial charge >= 0.3 is 0 Å². The highest BCUT2D eigenvalue weighted by Crippen LogP contribution is 2.26. The van der Waals surface area contributed by atoms with Gasteiger partial charge in [-0.3, -0.25) is 4.79 Å². The maximum atomic E-state index is 12.5. The highest BCUT2D eigenvalue weighted by Gasteiger charge is 2.38. The molecular weight excluding hydrogens is 379 g/mol. The number of nitrogens with zero attached hydrogens (tertiary/aromatic N) is 1. The van der Waals surface area contributed by atoms with E-state index < -0.39 is 16.1 Å². The first-order valence-electron chi connectivity index (χ1n) is 5.96. The molecule has 0 aromatic heterocycles. The fourth-order valence-electron chi connectivity index (χ4n) is 2.20. The van der Waals surface area contributed by atoms with E-state index in [1.165, 1.54) is 11.4 Å². The second kappa shape index (κ2) is 5.76. The number of hydrogen-bond acceptors (Lipinski definition) is 3. The SMILES string of the molecule is CNC(=O)C1CCCN1S(=O)(=O)c1ccc(I)cc1. The average molecular weight is 394 g/mol. The van der Waals surface area contributed by atoms with E-state index in [1.807, 2.05) is 0 Å². The van der Waals surface area contributed by atoms with Crippen LogP contribution in [0.25, 0.3) is 0 Å². The van der Waals surface area contributed by atoms with Crippen LogP contribution in [0.15, 0.2) is 29.2 Å². The van der Waals surface area contributed by atoms with Crippen molar-refractivity contribution >= 4 is 38.5 Å². The highest BCUT2D eigenvalue weighted by atomic mass is 127. The smallest absolute Gasteiger partial charge is 0.243 e. The van der Waals surface area contributed by atoms with Crippen molar-refractivity contribution in [3.63, 3.8) is 0 Å². The second-order valence-corrected chi connectivity index (χ2v) is 7.48. The van der Waals surface area contributed by atoms with Gasteiger partial charge in [-0.1, -0.05) is 0 Å². The molecule has 1 aromatic carbocycles. The van der Waals surface area contributed by atoms with Crippen LogP contribution in [-0.4, -0.2) is 38.3 Å². The van der Waals surface area contributed by atoms with Crippen molar-refractivity contribution in [1.29, 1.82) is 0 Å². The number of benzene rings is 1. The zero-order chi connectivity index (χ0) is 14.0. The van der Waals surface area contributed by atoms with E-state index in [4.69, 9.17) is 0 Å². The molecule has 1 aromatic rings. The summed E-state index contributed by atoms with van der Waals surface area (Å²) in [6.07, 6.45) is 1.28. The van der Waals surface area contributed by atoms with Crippen LogP contribution >= 0.6 is 22.6 Å². The van der Waals surface area contributed by atoms with Crippen LogP contribution in [-0.2, 0) is 14.8 Å². The van der Waals surface area contributed by atoms with Crippen LogP contribution in [0.4, 0.5) is 0 Å². The molecular formula is C12H15IN2O3S. The van der Waals surface area contributed by atoms with E-state index in [2.05, 4.69) is 27.9 Å². The molecule has 1 aliphatic heterocycles. The van der Waals surface area contributed by atoms with E-state index in [9.17, 15) is 13.2 Å². The predicted molar refractivity (Wildman–Crippen MR) is 80.1 cm³/mol. The number of halogens is 1. The topological polar surface area (TPSA) is 66.5 Å². The fourth-order valence-corrected chi connectivity index (χ4v) is 4.21. The van der Waals surface area contributed by atoms with Crippen molar-refractivity contribution in [3.8, 4) is 0 Å². The van der Waals surface area contributed by atoms with Crippen LogP contribution in [0, 0.1) is 3.57 Å². The third kappa shape index (κ3) is 2.92. The number of likely N-dealkylation sites (N-methyl/N-ethyl adjacent to an activating group) is 1. The molecule has 1 unspecified atom stereocenters. The minimum atomic E-state index is -3.59. The van der Waals surface area contributed by atoms with Gasteiger partial charge in [-0.05, 0) is 59.7 Å². The van der Waals surface area contributed by atoms with Crippen LogP contribution < -0.4 is 5.32 Å². The fraction of sp³-hybridized carbons (Fsp3) is 0.417. The number of amides is 1. The first-order chi connectivity index (χ1) is 8.96. The summed E-state index contributed by atoms with van der Waals surface area (Å²) >= 11 is 2.12. The number of rotatable bonds is 3. The first kappa shape index (κ1) is 14.7. The molecule has 2 rings (SSSR count). The zero-order valence-corrected chi connectivity index (χ0v) is 13.4. The van der Waals surface area contributed by atoms with Gasteiger partial charge in [0.25, 0.3) is 0 Å². The van der Waals surface area contributed by atoms with Gasteiger partial charge < -0.3 is 5.32 Å². The van der Waals surface area contributed by atoms with Gasteiger partial charge in [0.1, 0.15) is 6.04 Å². The van der Waals surface area contributed by atoms with Gasteiger partial charge in [0, 0.05) is 17.2 Å². The summed E-state index contributed by atoms with van der Waals surface area (Å²) < 4.78 is 27.3. The maximum Gasteiger partial charge on any atom is 0.243 e. The molecule has 19 heavy (non-hydrogen) atoms. The molecule has 7 heteroatoms. The highest BCUT2D eigenvalue weighted by molar-refractivity contribution is 14.1. The summed E-state index contributed by atoms with van der Waals surface area (Å²) in [4.78, 5) is 12.0. The Morgan fingerprint density at radius 1 is 1.37 bits per heavy atom. The lowest BCUT2D eigenvalue weighted by Gasteiger charge is -2.22. The van der Waals surface area contributed by atoms with Gasteiger partial charge in [-0.15, -0.1) is 0 Å². The number of hydrogen-bond donors (Lipinski definition) is 1. The van der Waals surface area contributed by atoms with Crippen LogP contribution in [0.3, 0.4) is 0 Å². The Balaban J connectivity index is 2.33. The summed E-state index contributed by atoms with van der Waals surface area (Å²) in [6, 6.07) is 6.07. The Kier molecular flexibility index (Phi) is 4.46. The summed E-state index contributed by atoms with van der Waals surface area (Å²) in [6.45, 7) is 0.395. The predicted octanol–water partition coefficient (Wildman–Crippen LogP) is 1.19. The third-order valence-electron chi connectivity index (χ3n) is 3.17. The minimum absolute atomic E-state index is 0.240. The largest absolute Gasteiger partial charge is 0.358 e. The molecule has 0 saturated carbocycles. The Hall–Kier alpha value is -0.670. The average Bonchev–Trinajstić information content (AvgIpc) is 2.88. The maximum absolute atomic E-state index is 12.5. The standard InChI is InChI=1S/C12H15IN2O3S/c1-14-12(16)11-3-2-8-15(11)19(17,18)10-6-4-9(13)5-7-10/h4-7,11H,2-3,8H2,1H3,(H,14,16). The number of nitrogens with one attached hydrogen (secondary N) is 1. The van der Waals surface area contributed by atoms with Crippen LogP contribution in [0.5, 0.6) is 0 Å². The number of sulfonamides is 1. The summed E-state index contributed by atoms with van der Waals surface area (Å²) in [7, 11) is -2.07. The van der Waals surface area contributed by atoms with Crippen LogP contribution in [0.2, 0.25) is 0 Å². The lowest BCUT2D eigenvalue weighted by Crippen LogP contribution is -2.44. The van der Waals surface area contributed by atoms with E-state index in [1.54, 1.807) is 24.3 Å². The first-order valence-corrected chi connectivity index (χ1v) is 8.47. The second-order valence-electron chi connectivity index (χ2n) is 4.34. The van der Waals surface area contributed by atoms with Gasteiger partial charge in [0.05, 0.1) is 4.90 Å². The number of carbonyl (C=O) groups excluding carboxylic acids is 1. The molecule has 1 N–H and O–H groups in total. The zero-order valence-electron chi connectivity index (χ0n) is 10.5. The van der Waals surface area contributed by atoms with Gasteiger partial charge in [-0.25, -0.2) is 8.42 Å². The van der Waals surface area contributed by atoms with Gasteiger partial charge in [-0.2, -0.15) is 4.31 Å². The van der Waals surface area contributed by atoms with Crippen molar-refractivity contribution < 1.29 is 13.2 Å². The Labute approximate surface area is 126 Å². The molecule has 1 atom stereocenters. The molecule has 0 bridgehead atoms. The normalized spacial score (nSPS) is 20.4. The number of carbonyl (C=O) groups is 1. The van der Waals surface area contributed by atoms with Gasteiger partial charge in [0.2, 0.25) is 15.9 Å². The molecule has 1 saturated heterocycles. The lowest BCUT2D eigenvalue weighted by atomic mass is 10.2. The van der Waals surface area contributed by atoms with Gasteiger partial charge in [0.15, 0.2) is 0 Å². The summed E-state index contributed by atoms with van der Waals surface area (Å²) in [5.74, 6) is -0.244. The van der Waals surface area contributed by atoms with Crippen LogP contribution in [0.1, 0.15) is 12.8 Å². The molecule has 0 radical (unpaired) electrons. The van der Waals surface area contributed by atoms with Crippen molar-refractivity contribution in [2.24, 2.45) is 0 Å². The van der Waals surface area contributed by atoms with Crippen molar-refractivity contribution in [3.05, 3.63) is 27.8 Å². The Morgan fingerprint density at radius 2 is 2.00 bits per heavy atom. The van der Waals surface area contributed by atoms with Crippen molar-refractivity contribution in [2.75, 3.05) is 13.6 Å². The molecule has 1 heterocycles. The molecule has 1 aliphatic rings. The lowest BCUT2D eigenvalue weighted by molar-refractivity contribution is -0.123. The van der Waals surface area contributed by atoms with Crippen molar-refractivity contribution in [2.45, 2.75) is 23.8 Å². The van der Waals surface area contributed by atoms with E-state index in [-0.39, 0.29) is 10.8 Å². The Bertz CT molecular complexity index is 571. The monoisotopic (exact) mass is 394 g/mol. The van der Waals surface area contributed by atoms with E-state index in [0.717, 1.165) is 3.57 Å². The molecule has 104 valence electrons. The minimum Gasteiger partial charge on any atom is -0.358 e. The molecule has 5 nitrogen and oxygen atoms in total. The quantitative estimate of drug-likeness (QED) is 0.784. The van der Waals surface area contributed by atoms with Crippen molar-refractivity contribution in [1.82, 2.24) is 9.62 Å². The molecule has 1 amide bonds. The van der Waals surface area contributed by atoms with E-state index in [0.29, 0.717) is 19.4 Å². The third-order valence-corrected chi connectivity index (χ3v) is 5.81.